The number of hydrogen-bond donors (Lipinski definition) is 2. The predicted molar refractivity (Wildman–Crippen MR) is 137 cm³/mol. The van der Waals surface area contributed by atoms with Crippen LogP contribution in [0, 0.1) is 12.3 Å². The van der Waals surface area contributed by atoms with E-state index in [0.29, 0.717) is 23.2 Å². The van der Waals surface area contributed by atoms with Gasteiger partial charge in [-0.15, -0.1) is 0 Å². The van der Waals surface area contributed by atoms with Crippen LogP contribution in [0.25, 0.3) is 16.7 Å². The van der Waals surface area contributed by atoms with E-state index in [4.69, 9.17) is 10.4 Å². The first-order chi connectivity index (χ1) is 17.0. The highest BCUT2D eigenvalue weighted by Gasteiger charge is 2.18. The summed E-state index contributed by atoms with van der Waals surface area (Å²) in [5.74, 6) is -0.348. The quantitative estimate of drug-likeness (QED) is 0.269. The Hall–Kier alpha value is -3.81. The number of pyridine rings is 3. The fraction of sp³-hybridized carbons (Fsp3) is 0.370. The van der Waals surface area contributed by atoms with Crippen LogP contribution in [0.5, 0.6) is 0 Å². The van der Waals surface area contributed by atoms with Gasteiger partial charge in [0.05, 0.1) is 17.5 Å². The third-order valence-corrected chi connectivity index (χ3v) is 6.26. The van der Waals surface area contributed by atoms with Gasteiger partial charge >= 0.3 is 0 Å². The SMILES string of the molecule is CCCCCCCCNC(=O)c1cc2c(=O)n3cccc(C)c3nc2n(Cc2cccnc2)c1=N. The molecule has 2 N–H and O–H groups in total. The van der Waals surface area contributed by atoms with Crippen LogP contribution in [0.15, 0.2) is 53.7 Å². The van der Waals surface area contributed by atoms with E-state index in [2.05, 4.69) is 17.2 Å². The fourth-order valence-corrected chi connectivity index (χ4v) is 4.30. The molecule has 0 atom stereocenters. The summed E-state index contributed by atoms with van der Waals surface area (Å²) < 4.78 is 3.12. The van der Waals surface area contributed by atoms with Gasteiger partial charge in [0, 0.05) is 25.1 Å². The van der Waals surface area contributed by atoms with Crippen LogP contribution < -0.4 is 16.4 Å². The van der Waals surface area contributed by atoms with Gasteiger partial charge in [0.15, 0.2) is 0 Å². The number of nitrogens with zero attached hydrogens (tertiary/aromatic N) is 4. The first kappa shape index (κ1) is 24.3. The summed E-state index contributed by atoms with van der Waals surface area (Å²) in [6, 6.07) is 8.92. The summed E-state index contributed by atoms with van der Waals surface area (Å²) in [5.41, 5.74) is 2.54. The van der Waals surface area contributed by atoms with Crippen molar-refractivity contribution in [2.45, 2.75) is 58.9 Å². The van der Waals surface area contributed by atoms with Crippen LogP contribution in [0.2, 0.25) is 0 Å². The summed E-state index contributed by atoms with van der Waals surface area (Å²) in [7, 11) is 0. The van der Waals surface area contributed by atoms with E-state index in [9.17, 15) is 9.59 Å². The van der Waals surface area contributed by atoms with Crippen molar-refractivity contribution >= 4 is 22.6 Å². The topological polar surface area (TPSA) is 105 Å². The average Bonchev–Trinajstić information content (AvgIpc) is 2.86. The van der Waals surface area contributed by atoms with Crippen molar-refractivity contribution in [1.29, 1.82) is 5.41 Å². The molecule has 0 saturated heterocycles. The second-order valence-corrected chi connectivity index (χ2v) is 8.92. The van der Waals surface area contributed by atoms with Crippen LogP contribution in [0.3, 0.4) is 0 Å². The Morgan fingerprint density at radius 3 is 2.66 bits per heavy atom. The Morgan fingerprint density at radius 1 is 1.09 bits per heavy atom. The van der Waals surface area contributed by atoms with Crippen LogP contribution >= 0.6 is 0 Å². The molecule has 0 saturated carbocycles. The molecule has 0 spiro atoms. The molecule has 4 aromatic rings. The van der Waals surface area contributed by atoms with Gasteiger partial charge in [-0.3, -0.25) is 24.4 Å². The molecular weight excluding hydrogens is 440 g/mol. The van der Waals surface area contributed by atoms with Gasteiger partial charge in [0.1, 0.15) is 16.8 Å². The number of carbonyl (C=O) groups is 1. The third kappa shape index (κ3) is 5.31. The van der Waals surface area contributed by atoms with E-state index in [1.165, 1.54) is 29.7 Å². The molecule has 0 aliphatic rings. The Kier molecular flexibility index (Phi) is 7.70. The summed E-state index contributed by atoms with van der Waals surface area (Å²) in [6.45, 7) is 4.90. The van der Waals surface area contributed by atoms with Gasteiger partial charge < -0.3 is 9.88 Å². The van der Waals surface area contributed by atoms with Crippen molar-refractivity contribution in [3.8, 4) is 0 Å². The van der Waals surface area contributed by atoms with Crippen molar-refractivity contribution in [3.05, 3.63) is 81.5 Å². The summed E-state index contributed by atoms with van der Waals surface area (Å²) in [5, 5.41) is 12.1. The highest BCUT2D eigenvalue weighted by atomic mass is 16.1. The Bertz CT molecular complexity index is 1460. The molecule has 4 heterocycles. The largest absolute Gasteiger partial charge is 0.352 e. The van der Waals surface area contributed by atoms with E-state index in [-0.39, 0.29) is 29.1 Å². The lowest BCUT2D eigenvalue weighted by Crippen LogP contribution is -2.35. The average molecular weight is 473 g/mol. The number of fused-ring (bicyclic) bond motifs is 2. The maximum absolute atomic E-state index is 13.4. The van der Waals surface area contributed by atoms with Gasteiger partial charge in [-0.1, -0.05) is 51.2 Å². The number of amides is 1. The van der Waals surface area contributed by atoms with E-state index in [1.807, 2.05) is 25.1 Å². The summed E-state index contributed by atoms with van der Waals surface area (Å²) in [6.07, 6.45) is 11.8. The summed E-state index contributed by atoms with van der Waals surface area (Å²) in [4.78, 5) is 35.4. The molecule has 1 amide bonds. The predicted octanol–water partition coefficient (Wildman–Crippen LogP) is 3.97. The zero-order valence-corrected chi connectivity index (χ0v) is 20.4. The van der Waals surface area contributed by atoms with Gasteiger partial charge in [-0.05, 0) is 42.7 Å². The second-order valence-electron chi connectivity index (χ2n) is 8.92. The molecule has 0 unspecified atom stereocenters. The third-order valence-electron chi connectivity index (χ3n) is 6.26. The number of aryl methyl sites for hydroxylation is 1. The van der Waals surface area contributed by atoms with Gasteiger partial charge in [0.2, 0.25) is 0 Å². The molecule has 0 bridgehead atoms. The first-order valence-electron chi connectivity index (χ1n) is 12.3. The molecule has 0 radical (unpaired) electrons. The van der Waals surface area contributed by atoms with Crippen LogP contribution in [-0.2, 0) is 6.54 Å². The lowest BCUT2D eigenvalue weighted by molar-refractivity contribution is 0.0950. The van der Waals surface area contributed by atoms with Gasteiger partial charge in [-0.2, -0.15) is 0 Å². The van der Waals surface area contributed by atoms with Crippen molar-refractivity contribution in [1.82, 2.24) is 24.3 Å². The molecule has 0 aromatic carbocycles. The standard InChI is InChI=1S/C27H32N6O2/c1-3-4-5-6-7-8-14-30-26(34)21-16-22-25(31-24-19(2)11-10-15-32(24)27(22)35)33(23(21)28)18-20-12-9-13-29-17-20/h9-13,15-17,28H,3-8,14,18H2,1-2H3,(H,30,34). The minimum Gasteiger partial charge on any atom is -0.352 e. The van der Waals surface area contributed by atoms with E-state index >= 15 is 0 Å². The van der Waals surface area contributed by atoms with E-state index < -0.39 is 0 Å². The highest BCUT2D eigenvalue weighted by molar-refractivity contribution is 5.96. The Labute approximate surface area is 204 Å². The molecule has 35 heavy (non-hydrogen) atoms. The normalized spacial score (nSPS) is 11.3. The number of hydrogen-bond acceptors (Lipinski definition) is 5. The molecule has 0 aliphatic heterocycles. The number of carbonyl (C=O) groups excluding carboxylic acids is 1. The second kappa shape index (κ2) is 11.1. The maximum Gasteiger partial charge on any atom is 0.267 e. The Balaban J connectivity index is 1.74. The van der Waals surface area contributed by atoms with Crippen LogP contribution in [-0.4, -0.2) is 31.4 Å². The fourth-order valence-electron chi connectivity index (χ4n) is 4.30. The molecule has 8 nitrogen and oxygen atoms in total. The number of aromatic nitrogens is 4. The van der Waals surface area contributed by atoms with Crippen molar-refractivity contribution in [3.63, 3.8) is 0 Å². The van der Waals surface area contributed by atoms with Crippen LogP contribution in [0.1, 0.15) is 66.9 Å². The number of rotatable bonds is 10. The van der Waals surface area contributed by atoms with Crippen molar-refractivity contribution < 1.29 is 4.79 Å². The smallest absolute Gasteiger partial charge is 0.267 e. The van der Waals surface area contributed by atoms with Crippen molar-refractivity contribution in [2.75, 3.05) is 6.54 Å². The van der Waals surface area contributed by atoms with Crippen molar-refractivity contribution in [2.24, 2.45) is 0 Å². The molecule has 4 rings (SSSR count). The van der Waals surface area contributed by atoms with Gasteiger partial charge in [0.25, 0.3) is 11.5 Å². The minimum atomic E-state index is -0.348. The monoisotopic (exact) mass is 472 g/mol. The lowest BCUT2D eigenvalue weighted by atomic mass is 10.1. The molecule has 0 aliphatic carbocycles. The lowest BCUT2D eigenvalue weighted by Gasteiger charge is -2.15. The molecule has 182 valence electrons. The molecular formula is C27H32N6O2. The molecule has 8 heteroatoms. The zero-order valence-electron chi connectivity index (χ0n) is 20.4. The van der Waals surface area contributed by atoms with E-state index in [1.54, 1.807) is 29.2 Å². The van der Waals surface area contributed by atoms with Crippen LogP contribution in [0.4, 0.5) is 0 Å². The number of nitrogens with one attached hydrogen (secondary N) is 2. The number of unbranched alkanes of at least 4 members (excludes halogenated alkanes) is 5. The summed E-state index contributed by atoms with van der Waals surface area (Å²) >= 11 is 0. The van der Waals surface area contributed by atoms with Gasteiger partial charge in [-0.25, -0.2) is 4.98 Å². The Morgan fingerprint density at radius 2 is 1.89 bits per heavy atom. The molecule has 0 fully saturated rings. The minimum absolute atomic E-state index is 0.0200. The first-order valence-corrected chi connectivity index (χ1v) is 12.3. The molecule has 4 aromatic heterocycles. The zero-order chi connectivity index (χ0) is 24.8. The maximum atomic E-state index is 13.4. The van der Waals surface area contributed by atoms with E-state index in [0.717, 1.165) is 30.4 Å². The highest BCUT2D eigenvalue weighted by Crippen LogP contribution is 2.14.